The molecule has 1 fully saturated rings. The van der Waals surface area contributed by atoms with Gasteiger partial charge in [0.2, 0.25) is 0 Å². The van der Waals surface area contributed by atoms with E-state index in [0.29, 0.717) is 0 Å². The summed E-state index contributed by atoms with van der Waals surface area (Å²) in [4.78, 5) is 0. The summed E-state index contributed by atoms with van der Waals surface area (Å²) in [6.07, 6.45) is 0. The monoisotopic (exact) mass is 106 g/mol. The van der Waals surface area contributed by atoms with Gasteiger partial charge in [-0.3, -0.25) is 0 Å². The molecule has 0 atom stereocenters. The Labute approximate surface area is 37.4 Å². The van der Waals surface area contributed by atoms with Gasteiger partial charge in [-0.05, 0) is 6.58 Å². The van der Waals surface area contributed by atoms with E-state index >= 15 is 0 Å². The van der Waals surface area contributed by atoms with Crippen LogP contribution in [0.2, 0.25) is 0 Å². The molecule has 0 unspecified atom stereocenters. The molecule has 0 amide bonds. The van der Waals surface area contributed by atoms with Crippen LogP contribution in [0.3, 0.4) is 0 Å². The second-order valence-corrected chi connectivity index (χ2v) is 1.48. The first-order valence-electron chi connectivity index (χ1n) is 1.26. The molecule has 0 aromatic heterocycles. The van der Waals surface area contributed by atoms with E-state index in [9.17, 15) is 4.21 Å². The quantitative estimate of drug-likeness (QED) is 0.438. The Balaban J connectivity index is 2.47. The maximum atomic E-state index is 9.72. The fourth-order valence-electron chi connectivity index (χ4n) is 0.158. The molecule has 1 aliphatic heterocycles. The standard InChI is InChI=1S/C2H2O3S/c1-2-4-6(3)5-2/h1H2. The van der Waals surface area contributed by atoms with E-state index < -0.39 is 11.4 Å². The Morgan fingerprint density at radius 2 is 2.17 bits per heavy atom. The van der Waals surface area contributed by atoms with E-state index in [2.05, 4.69) is 14.9 Å². The van der Waals surface area contributed by atoms with Crippen LogP contribution in [0, 0.1) is 0 Å². The summed E-state index contributed by atoms with van der Waals surface area (Å²) in [5.74, 6) is 0.133. The SMILES string of the molecule is C=C1OS(=O)O1. The van der Waals surface area contributed by atoms with Crippen LogP contribution in [-0.4, -0.2) is 4.21 Å². The third kappa shape index (κ3) is 0.386. The highest BCUT2D eigenvalue weighted by atomic mass is 32.2. The van der Waals surface area contributed by atoms with Crippen LogP contribution in [-0.2, 0) is 19.7 Å². The van der Waals surface area contributed by atoms with Crippen molar-refractivity contribution >= 4 is 11.4 Å². The maximum Gasteiger partial charge on any atom is 0.423 e. The minimum atomic E-state index is -1.52. The molecule has 1 aliphatic rings. The maximum absolute atomic E-state index is 9.72. The van der Waals surface area contributed by atoms with Crippen LogP contribution in [0.4, 0.5) is 0 Å². The minimum Gasteiger partial charge on any atom is -0.334 e. The first kappa shape index (κ1) is 3.67. The Hall–Kier alpha value is -0.510. The molecule has 6 heavy (non-hydrogen) atoms. The lowest BCUT2D eigenvalue weighted by Gasteiger charge is -2.12. The molecule has 0 bridgehead atoms. The van der Waals surface area contributed by atoms with Gasteiger partial charge in [-0.2, -0.15) is 4.21 Å². The third-order valence-electron chi connectivity index (χ3n) is 0.322. The zero-order chi connectivity index (χ0) is 4.57. The van der Waals surface area contributed by atoms with Crippen LogP contribution < -0.4 is 0 Å². The van der Waals surface area contributed by atoms with Crippen molar-refractivity contribution in [2.45, 2.75) is 0 Å². The summed E-state index contributed by atoms with van der Waals surface area (Å²) in [5, 5.41) is 0. The van der Waals surface area contributed by atoms with Crippen molar-refractivity contribution in [2.24, 2.45) is 0 Å². The first-order chi connectivity index (χ1) is 2.79. The largest absolute Gasteiger partial charge is 0.423 e. The first-order valence-corrected chi connectivity index (χ1v) is 2.26. The molecule has 4 heteroatoms. The lowest BCUT2D eigenvalue weighted by Crippen LogP contribution is -2.12. The average molecular weight is 106 g/mol. The van der Waals surface area contributed by atoms with Crippen molar-refractivity contribution in [3.63, 3.8) is 0 Å². The minimum absolute atomic E-state index is 0.133. The molecule has 0 radical (unpaired) electrons. The highest BCUT2D eigenvalue weighted by molar-refractivity contribution is 7.76. The van der Waals surface area contributed by atoms with Crippen molar-refractivity contribution < 1.29 is 12.6 Å². The molecular weight excluding hydrogens is 104 g/mol. The van der Waals surface area contributed by atoms with Crippen molar-refractivity contribution in [3.05, 3.63) is 12.5 Å². The molecule has 0 N–H and O–H groups in total. The van der Waals surface area contributed by atoms with Gasteiger partial charge in [0.05, 0.1) is 0 Å². The van der Waals surface area contributed by atoms with Gasteiger partial charge in [0.1, 0.15) is 0 Å². The number of rotatable bonds is 0. The molecule has 3 nitrogen and oxygen atoms in total. The van der Waals surface area contributed by atoms with E-state index in [1.54, 1.807) is 0 Å². The smallest absolute Gasteiger partial charge is 0.334 e. The topological polar surface area (TPSA) is 35.5 Å². The third-order valence-corrected chi connectivity index (χ3v) is 0.966. The van der Waals surface area contributed by atoms with Crippen LogP contribution in [0.1, 0.15) is 0 Å². The molecular formula is C2H2O3S. The zero-order valence-electron chi connectivity index (χ0n) is 2.84. The van der Waals surface area contributed by atoms with E-state index in [4.69, 9.17) is 0 Å². The van der Waals surface area contributed by atoms with Gasteiger partial charge < -0.3 is 8.37 Å². The Kier molecular flexibility index (Phi) is 0.597. The molecule has 0 spiro atoms. The molecule has 0 saturated carbocycles. The van der Waals surface area contributed by atoms with Crippen molar-refractivity contribution in [1.29, 1.82) is 0 Å². The van der Waals surface area contributed by atoms with Gasteiger partial charge in [0.25, 0.3) is 0 Å². The van der Waals surface area contributed by atoms with Gasteiger partial charge in [-0.25, -0.2) is 0 Å². The van der Waals surface area contributed by atoms with Gasteiger partial charge in [-0.15, -0.1) is 0 Å². The summed E-state index contributed by atoms with van der Waals surface area (Å²) < 4.78 is 18.1. The normalized spacial score (nSPS) is 21.0. The fraction of sp³-hybridized carbons (Fsp3) is 0. The molecule has 0 aromatic rings. The Bertz CT molecular complexity index is 85.4. The van der Waals surface area contributed by atoms with E-state index in [1.165, 1.54) is 0 Å². The van der Waals surface area contributed by atoms with Gasteiger partial charge >= 0.3 is 17.3 Å². The zero-order valence-corrected chi connectivity index (χ0v) is 3.66. The molecule has 0 aromatic carbocycles. The average Bonchev–Trinajstić information content (AvgIpc) is 1.33. The van der Waals surface area contributed by atoms with Gasteiger partial charge in [0.15, 0.2) is 0 Å². The second-order valence-electron chi connectivity index (χ2n) is 0.743. The highest BCUT2D eigenvalue weighted by Gasteiger charge is 2.18. The van der Waals surface area contributed by atoms with E-state index in [1.807, 2.05) is 0 Å². The lowest BCUT2D eigenvalue weighted by atomic mass is 11.1. The molecule has 1 heterocycles. The van der Waals surface area contributed by atoms with Crippen LogP contribution in [0.25, 0.3) is 0 Å². The lowest BCUT2D eigenvalue weighted by molar-refractivity contribution is 0.152. The van der Waals surface area contributed by atoms with E-state index in [0.717, 1.165) is 0 Å². The Morgan fingerprint density at radius 3 is 2.17 bits per heavy atom. The number of hydrogen-bond acceptors (Lipinski definition) is 3. The second kappa shape index (κ2) is 0.975. The van der Waals surface area contributed by atoms with Crippen LogP contribution in [0.5, 0.6) is 0 Å². The van der Waals surface area contributed by atoms with Gasteiger partial charge in [-0.1, -0.05) is 0 Å². The molecule has 34 valence electrons. The van der Waals surface area contributed by atoms with Crippen LogP contribution in [0.15, 0.2) is 12.5 Å². The predicted octanol–water partition coefficient (Wildman–Crippen LogP) is 0.0831. The van der Waals surface area contributed by atoms with E-state index in [-0.39, 0.29) is 5.95 Å². The summed E-state index contributed by atoms with van der Waals surface area (Å²) in [6, 6.07) is 0. The summed E-state index contributed by atoms with van der Waals surface area (Å²) in [7, 11) is 0. The number of hydrogen-bond donors (Lipinski definition) is 0. The fourth-order valence-corrected chi connectivity index (χ4v) is 0.474. The Morgan fingerprint density at radius 1 is 1.67 bits per heavy atom. The highest BCUT2D eigenvalue weighted by Crippen LogP contribution is 2.13. The van der Waals surface area contributed by atoms with Crippen molar-refractivity contribution in [2.75, 3.05) is 0 Å². The molecule has 1 saturated heterocycles. The molecule has 0 aliphatic carbocycles. The van der Waals surface area contributed by atoms with Crippen molar-refractivity contribution in [1.82, 2.24) is 0 Å². The summed E-state index contributed by atoms with van der Waals surface area (Å²) >= 11 is -1.52. The molecule has 1 rings (SSSR count). The van der Waals surface area contributed by atoms with Crippen molar-refractivity contribution in [3.8, 4) is 0 Å². The van der Waals surface area contributed by atoms with Crippen LogP contribution >= 0.6 is 0 Å². The van der Waals surface area contributed by atoms with Gasteiger partial charge in [0, 0.05) is 0 Å². The summed E-state index contributed by atoms with van der Waals surface area (Å²) in [6.45, 7) is 3.17. The summed E-state index contributed by atoms with van der Waals surface area (Å²) in [5.41, 5.74) is 0. The predicted molar refractivity (Wildman–Crippen MR) is 19.5 cm³/mol.